The van der Waals surface area contributed by atoms with E-state index in [2.05, 4.69) is 22.4 Å². The first kappa shape index (κ1) is 24.3. The number of amides is 1. The number of thioether (sulfide) groups is 1. The van der Waals surface area contributed by atoms with Crippen LogP contribution in [0, 0.1) is 0 Å². The molecule has 2 aromatic carbocycles. The van der Waals surface area contributed by atoms with Crippen LogP contribution in [0.5, 0.6) is 0 Å². The van der Waals surface area contributed by atoms with E-state index >= 15 is 0 Å². The fourth-order valence-corrected chi connectivity index (χ4v) is 6.54. The van der Waals surface area contributed by atoms with E-state index < -0.39 is 0 Å². The van der Waals surface area contributed by atoms with Gasteiger partial charge in [-0.15, -0.1) is 11.3 Å². The van der Waals surface area contributed by atoms with Crippen molar-refractivity contribution in [2.75, 3.05) is 18.2 Å². The molecule has 0 saturated heterocycles. The molecule has 0 radical (unpaired) electrons. The van der Waals surface area contributed by atoms with Gasteiger partial charge in [0, 0.05) is 28.2 Å². The number of ether oxygens (including phenoxy) is 1. The lowest BCUT2D eigenvalue weighted by Gasteiger charge is -2.11. The number of methoxy groups -OCH3 is 1. The number of aromatic nitrogens is 2. The number of H-pyrrole nitrogens is 1. The van der Waals surface area contributed by atoms with Crippen molar-refractivity contribution >= 4 is 40.0 Å². The highest BCUT2D eigenvalue weighted by molar-refractivity contribution is 7.99. The molecule has 0 aliphatic heterocycles. The standard InChI is InChI=1S/C28H27N3O3S2/c1-34-27(33)23-20-14-8-9-15-21(20)36-26(23)29-22(32)16-17-35-28-30-24(18-10-4-2-5-11-18)25(31-28)19-12-6-3-7-13-19/h2-7,10-13H,8-9,14-17H2,1H3,(H,29,32)(H,30,31). The molecule has 1 aliphatic carbocycles. The molecule has 0 spiro atoms. The number of hydrogen-bond acceptors (Lipinski definition) is 6. The number of nitrogens with zero attached hydrogens (tertiary/aromatic N) is 1. The third-order valence-corrected chi connectivity index (χ3v) is 8.26. The summed E-state index contributed by atoms with van der Waals surface area (Å²) in [5.74, 6) is 0.0569. The van der Waals surface area contributed by atoms with Crippen LogP contribution < -0.4 is 5.32 Å². The number of carbonyl (C=O) groups is 2. The van der Waals surface area contributed by atoms with Gasteiger partial charge in [-0.3, -0.25) is 4.79 Å². The molecule has 36 heavy (non-hydrogen) atoms. The summed E-state index contributed by atoms with van der Waals surface area (Å²) in [5.41, 5.74) is 5.52. The molecule has 0 saturated carbocycles. The number of aromatic amines is 1. The summed E-state index contributed by atoms with van der Waals surface area (Å²) < 4.78 is 5.01. The molecule has 8 heteroatoms. The molecule has 5 rings (SSSR count). The second-order valence-electron chi connectivity index (χ2n) is 8.55. The van der Waals surface area contributed by atoms with Crippen LogP contribution >= 0.6 is 23.1 Å². The van der Waals surface area contributed by atoms with E-state index in [-0.39, 0.29) is 11.9 Å². The number of thiophene rings is 1. The number of hydrogen-bond donors (Lipinski definition) is 2. The predicted molar refractivity (Wildman–Crippen MR) is 146 cm³/mol. The lowest BCUT2D eigenvalue weighted by Crippen LogP contribution is -2.15. The molecule has 184 valence electrons. The van der Waals surface area contributed by atoms with Gasteiger partial charge in [0.2, 0.25) is 5.91 Å². The Kier molecular flexibility index (Phi) is 7.53. The maximum atomic E-state index is 12.8. The molecule has 1 aliphatic rings. The molecule has 0 unspecified atom stereocenters. The second kappa shape index (κ2) is 11.1. The van der Waals surface area contributed by atoms with E-state index in [4.69, 9.17) is 9.72 Å². The van der Waals surface area contributed by atoms with Gasteiger partial charge in [-0.1, -0.05) is 72.4 Å². The van der Waals surface area contributed by atoms with Gasteiger partial charge in [0.1, 0.15) is 5.00 Å². The van der Waals surface area contributed by atoms with Crippen molar-refractivity contribution < 1.29 is 14.3 Å². The fraction of sp³-hybridized carbons (Fsp3) is 0.250. The highest BCUT2D eigenvalue weighted by Crippen LogP contribution is 2.39. The Balaban J connectivity index is 1.28. The minimum atomic E-state index is -0.378. The van der Waals surface area contributed by atoms with Crippen molar-refractivity contribution in [2.45, 2.75) is 37.3 Å². The summed E-state index contributed by atoms with van der Waals surface area (Å²) in [4.78, 5) is 34.7. The molecule has 2 aromatic heterocycles. The Bertz CT molecular complexity index is 1310. The number of benzene rings is 2. The van der Waals surface area contributed by atoms with Crippen LogP contribution in [0.3, 0.4) is 0 Å². The predicted octanol–water partition coefficient (Wildman–Crippen LogP) is 6.59. The Hall–Kier alpha value is -3.36. The van der Waals surface area contributed by atoms with Gasteiger partial charge < -0.3 is 15.0 Å². The molecule has 6 nitrogen and oxygen atoms in total. The van der Waals surface area contributed by atoms with Gasteiger partial charge in [0.05, 0.1) is 24.1 Å². The Morgan fingerprint density at radius 3 is 2.44 bits per heavy atom. The van der Waals surface area contributed by atoms with Crippen molar-refractivity contribution in [3.8, 4) is 22.5 Å². The van der Waals surface area contributed by atoms with Crippen LogP contribution in [0.25, 0.3) is 22.5 Å². The molecular formula is C28H27N3O3S2. The lowest BCUT2D eigenvalue weighted by atomic mass is 9.95. The maximum Gasteiger partial charge on any atom is 0.341 e. The summed E-state index contributed by atoms with van der Waals surface area (Å²) in [7, 11) is 1.38. The van der Waals surface area contributed by atoms with Crippen LogP contribution in [0.2, 0.25) is 0 Å². The van der Waals surface area contributed by atoms with Gasteiger partial charge >= 0.3 is 5.97 Å². The molecule has 2 heterocycles. The number of fused-ring (bicyclic) bond motifs is 1. The molecule has 4 aromatic rings. The lowest BCUT2D eigenvalue weighted by molar-refractivity contribution is -0.115. The van der Waals surface area contributed by atoms with Crippen LogP contribution in [0.4, 0.5) is 5.00 Å². The molecule has 0 bridgehead atoms. The first-order chi connectivity index (χ1) is 17.6. The largest absolute Gasteiger partial charge is 0.465 e. The van der Waals surface area contributed by atoms with Gasteiger partial charge in [0.15, 0.2) is 5.16 Å². The number of imidazole rings is 1. The number of nitrogens with one attached hydrogen (secondary N) is 2. The average Bonchev–Trinajstić information content (AvgIpc) is 3.50. The third kappa shape index (κ3) is 5.24. The Labute approximate surface area is 218 Å². The second-order valence-corrected chi connectivity index (χ2v) is 10.7. The number of aryl methyl sites for hydroxylation is 1. The quantitative estimate of drug-likeness (QED) is 0.203. The topological polar surface area (TPSA) is 84.1 Å². The first-order valence-electron chi connectivity index (χ1n) is 12.0. The molecule has 1 amide bonds. The zero-order valence-corrected chi connectivity index (χ0v) is 21.6. The summed E-state index contributed by atoms with van der Waals surface area (Å²) >= 11 is 3.02. The van der Waals surface area contributed by atoms with Crippen LogP contribution in [0.1, 0.15) is 40.1 Å². The summed E-state index contributed by atoms with van der Waals surface area (Å²) in [6.45, 7) is 0. The first-order valence-corrected chi connectivity index (χ1v) is 13.8. The zero-order chi connectivity index (χ0) is 24.9. The van der Waals surface area contributed by atoms with Gasteiger partial charge in [-0.2, -0.15) is 0 Å². The highest BCUT2D eigenvalue weighted by Gasteiger charge is 2.27. The minimum Gasteiger partial charge on any atom is -0.465 e. The molecule has 0 atom stereocenters. The van der Waals surface area contributed by atoms with Crippen molar-refractivity contribution in [1.29, 1.82) is 0 Å². The number of rotatable bonds is 8. The van der Waals surface area contributed by atoms with E-state index in [9.17, 15) is 9.59 Å². The van der Waals surface area contributed by atoms with E-state index in [0.717, 1.165) is 58.9 Å². The Morgan fingerprint density at radius 2 is 1.72 bits per heavy atom. The van der Waals surface area contributed by atoms with Crippen molar-refractivity contribution in [3.05, 3.63) is 76.7 Å². The molecule has 2 N–H and O–H groups in total. The molecule has 0 fully saturated rings. The van der Waals surface area contributed by atoms with Crippen LogP contribution in [-0.2, 0) is 22.4 Å². The van der Waals surface area contributed by atoms with E-state index in [0.29, 0.717) is 22.7 Å². The smallest absolute Gasteiger partial charge is 0.341 e. The maximum absolute atomic E-state index is 12.8. The van der Waals surface area contributed by atoms with Gasteiger partial charge in [0.25, 0.3) is 0 Å². The van der Waals surface area contributed by atoms with Crippen molar-refractivity contribution in [3.63, 3.8) is 0 Å². The Morgan fingerprint density at radius 1 is 1.03 bits per heavy atom. The summed E-state index contributed by atoms with van der Waals surface area (Å²) in [5, 5.41) is 4.35. The normalized spacial score (nSPS) is 12.7. The van der Waals surface area contributed by atoms with E-state index in [1.807, 2.05) is 48.5 Å². The number of anilines is 1. The van der Waals surface area contributed by atoms with Crippen LogP contribution in [-0.4, -0.2) is 34.7 Å². The average molecular weight is 518 g/mol. The SMILES string of the molecule is COC(=O)c1c(NC(=O)CCSc2nc(-c3ccccc3)c(-c3ccccc3)[nH]2)sc2c1CCCC2. The monoisotopic (exact) mass is 517 g/mol. The van der Waals surface area contributed by atoms with Crippen molar-refractivity contribution in [2.24, 2.45) is 0 Å². The fourth-order valence-electron chi connectivity index (χ4n) is 4.44. The van der Waals surface area contributed by atoms with E-state index in [1.165, 1.54) is 35.1 Å². The molecular weight excluding hydrogens is 490 g/mol. The minimum absolute atomic E-state index is 0.121. The number of carbonyl (C=O) groups excluding carboxylic acids is 2. The van der Waals surface area contributed by atoms with Gasteiger partial charge in [-0.25, -0.2) is 9.78 Å². The summed E-state index contributed by atoms with van der Waals surface area (Å²) in [6, 6.07) is 20.2. The van der Waals surface area contributed by atoms with Crippen molar-refractivity contribution in [1.82, 2.24) is 9.97 Å². The number of esters is 1. The third-order valence-electron chi connectivity index (χ3n) is 6.17. The van der Waals surface area contributed by atoms with Gasteiger partial charge in [-0.05, 0) is 31.2 Å². The zero-order valence-electron chi connectivity index (χ0n) is 20.0. The highest BCUT2D eigenvalue weighted by atomic mass is 32.2. The van der Waals surface area contributed by atoms with Crippen LogP contribution in [0.15, 0.2) is 65.8 Å². The summed E-state index contributed by atoms with van der Waals surface area (Å²) in [6.07, 6.45) is 4.26. The van der Waals surface area contributed by atoms with E-state index in [1.54, 1.807) is 0 Å².